The van der Waals surface area contributed by atoms with Crippen LogP contribution in [0.2, 0.25) is 0 Å². The highest BCUT2D eigenvalue weighted by Crippen LogP contribution is 2.24. The third-order valence-corrected chi connectivity index (χ3v) is 4.78. The number of rotatable bonds is 6. The Bertz CT molecular complexity index is 1110. The molecule has 3 heterocycles. The minimum absolute atomic E-state index is 0.251. The lowest BCUT2D eigenvalue weighted by atomic mass is 10.2. The Kier molecular flexibility index (Phi) is 5.03. The summed E-state index contributed by atoms with van der Waals surface area (Å²) in [6.45, 7) is 6.09. The molecule has 0 spiro atoms. The number of esters is 1. The lowest BCUT2D eigenvalue weighted by Crippen LogP contribution is -2.11. The van der Waals surface area contributed by atoms with Crippen LogP contribution in [0.4, 0.5) is 0 Å². The predicted octanol–water partition coefficient (Wildman–Crippen LogP) is 4.71. The topological polar surface area (TPSA) is 83.3 Å². The van der Waals surface area contributed by atoms with Crippen molar-refractivity contribution in [3.8, 4) is 11.5 Å². The number of benzene rings is 1. The molecular formula is C22H21N3O4. The van der Waals surface area contributed by atoms with Crippen LogP contribution in [-0.4, -0.2) is 20.7 Å². The molecule has 0 saturated heterocycles. The third kappa shape index (κ3) is 3.85. The fraction of sp³-hybridized carbons (Fsp3) is 0.227. The van der Waals surface area contributed by atoms with E-state index >= 15 is 0 Å². The second-order valence-corrected chi connectivity index (χ2v) is 6.81. The van der Waals surface area contributed by atoms with Crippen molar-refractivity contribution < 1.29 is 18.4 Å². The Morgan fingerprint density at radius 1 is 1.14 bits per heavy atom. The van der Waals surface area contributed by atoms with E-state index in [0.29, 0.717) is 18.0 Å². The second-order valence-electron chi connectivity index (χ2n) is 6.81. The summed E-state index contributed by atoms with van der Waals surface area (Å²) < 4.78 is 18.7. The van der Waals surface area contributed by atoms with Gasteiger partial charge >= 0.3 is 5.97 Å². The maximum atomic E-state index is 12.7. The summed E-state index contributed by atoms with van der Waals surface area (Å²) >= 11 is 0. The Hall–Kier alpha value is -3.61. The van der Waals surface area contributed by atoms with Gasteiger partial charge in [-0.05, 0) is 51.1 Å². The van der Waals surface area contributed by atoms with Crippen molar-refractivity contribution in [2.75, 3.05) is 0 Å². The molecule has 7 nitrogen and oxygen atoms in total. The molecule has 148 valence electrons. The van der Waals surface area contributed by atoms with Crippen LogP contribution in [0.5, 0.6) is 0 Å². The first kappa shape index (κ1) is 18.7. The molecule has 3 aromatic heterocycles. The molecule has 4 aromatic rings. The first-order chi connectivity index (χ1) is 14.0. The summed E-state index contributed by atoms with van der Waals surface area (Å²) in [5.41, 5.74) is 3.07. The highest BCUT2D eigenvalue weighted by atomic mass is 16.6. The largest absolute Gasteiger partial charge is 0.467 e. The maximum absolute atomic E-state index is 12.7. The number of carbonyl (C=O) groups excluding carboxylic acids is 1. The second kappa shape index (κ2) is 7.79. The van der Waals surface area contributed by atoms with Gasteiger partial charge in [-0.3, -0.25) is 0 Å². The third-order valence-electron chi connectivity index (χ3n) is 4.78. The summed E-state index contributed by atoms with van der Waals surface area (Å²) in [6, 6.07) is 15.0. The molecule has 1 aromatic carbocycles. The fourth-order valence-electron chi connectivity index (χ4n) is 3.18. The van der Waals surface area contributed by atoms with Gasteiger partial charge in [-0.15, -0.1) is 10.2 Å². The molecule has 1 unspecified atom stereocenters. The van der Waals surface area contributed by atoms with E-state index in [0.717, 1.165) is 22.7 Å². The maximum Gasteiger partial charge on any atom is 0.340 e. The van der Waals surface area contributed by atoms with E-state index in [1.807, 2.05) is 66.9 Å². The number of hydrogen-bond donors (Lipinski definition) is 0. The van der Waals surface area contributed by atoms with Crippen LogP contribution in [0, 0.1) is 13.8 Å². The van der Waals surface area contributed by atoms with Crippen LogP contribution < -0.4 is 0 Å². The van der Waals surface area contributed by atoms with Crippen LogP contribution in [0.3, 0.4) is 0 Å². The van der Waals surface area contributed by atoms with E-state index in [1.165, 1.54) is 0 Å². The number of furan rings is 1. The Morgan fingerprint density at radius 3 is 2.66 bits per heavy atom. The first-order valence-corrected chi connectivity index (χ1v) is 9.32. The van der Waals surface area contributed by atoms with Crippen LogP contribution in [-0.2, 0) is 11.3 Å². The Morgan fingerprint density at radius 2 is 1.93 bits per heavy atom. The van der Waals surface area contributed by atoms with Gasteiger partial charge in [-0.1, -0.05) is 18.2 Å². The van der Waals surface area contributed by atoms with Crippen molar-refractivity contribution in [2.45, 2.75) is 33.4 Å². The van der Waals surface area contributed by atoms with E-state index in [-0.39, 0.29) is 5.89 Å². The van der Waals surface area contributed by atoms with Gasteiger partial charge in [0.25, 0.3) is 5.89 Å². The van der Waals surface area contributed by atoms with Crippen LogP contribution >= 0.6 is 0 Å². The van der Waals surface area contributed by atoms with E-state index in [9.17, 15) is 4.79 Å². The summed E-state index contributed by atoms with van der Waals surface area (Å²) in [6.07, 6.45) is 0.967. The van der Waals surface area contributed by atoms with Crippen molar-refractivity contribution in [2.24, 2.45) is 0 Å². The first-order valence-electron chi connectivity index (χ1n) is 9.32. The lowest BCUT2D eigenvalue weighted by molar-refractivity contribution is 0.0279. The minimum atomic E-state index is -0.666. The normalized spacial score (nSPS) is 12.1. The quantitative estimate of drug-likeness (QED) is 0.443. The van der Waals surface area contributed by atoms with Gasteiger partial charge in [-0.25, -0.2) is 4.79 Å². The molecule has 0 saturated carbocycles. The number of carbonyl (C=O) groups is 1. The Labute approximate surface area is 167 Å². The lowest BCUT2D eigenvalue weighted by Gasteiger charge is -2.10. The van der Waals surface area contributed by atoms with Gasteiger partial charge in [0.1, 0.15) is 5.76 Å². The average molecular weight is 391 g/mol. The molecule has 0 aliphatic heterocycles. The molecule has 1 atom stereocenters. The monoisotopic (exact) mass is 391 g/mol. The SMILES string of the molecule is Cc1cc(C(=O)OC(C)c2nnc(-c3ccccc3)o2)c(C)n1Cc1ccco1. The highest BCUT2D eigenvalue weighted by molar-refractivity contribution is 5.91. The smallest absolute Gasteiger partial charge is 0.340 e. The van der Waals surface area contributed by atoms with Gasteiger partial charge in [0.2, 0.25) is 5.89 Å². The molecule has 0 N–H and O–H groups in total. The van der Waals surface area contributed by atoms with Crippen molar-refractivity contribution in [1.29, 1.82) is 0 Å². The zero-order valence-corrected chi connectivity index (χ0v) is 16.5. The molecule has 0 bridgehead atoms. The fourth-order valence-corrected chi connectivity index (χ4v) is 3.18. The van der Waals surface area contributed by atoms with Crippen molar-refractivity contribution in [3.63, 3.8) is 0 Å². The standard InChI is InChI=1S/C22H21N3O4/c1-14-12-19(15(2)25(14)13-18-10-7-11-27-18)22(26)28-16(3)20-23-24-21(29-20)17-8-5-4-6-9-17/h4-12,16H,13H2,1-3H3. The molecule has 0 aliphatic carbocycles. The molecule has 7 heteroatoms. The van der Waals surface area contributed by atoms with E-state index in [2.05, 4.69) is 10.2 Å². The zero-order valence-electron chi connectivity index (χ0n) is 16.5. The zero-order chi connectivity index (χ0) is 20.4. The van der Waals surface area contributed by atoms with Crippen molar-refractivity contribution >= 4 is 5.97 Å². The van der Waals surface area contributed by atoms with Gasteiger partial charge in [-0.2, -0.15) is 0 Å². The van der Waals surface area contributed by atoms with E-state index in [4.69, 9.17) is 13.6 Å². The molecule has 29 heavy (non-hydrogen) atoms. The number of aryl methyl sites for hydroxylation is 1. The van der Waals surface area contributed by atoms with Crippen LogP contribution in [0.15, 0.2) is 63.6 Å². The van der Waals surface area contributed by atoms with E-state index < -0.39 is 12.1 Å². The summed E-state index contributed by atoms with van der Waals surface area (Å²) in [5.74, 6) is 1.02. The molecule has 0 aliphatic rings. The Balaban J connectivity index is 1.49. The van der Waals surface area contributed by atoms with Crippen molar-refractivity contribution in [1.82, 2.24) is 14.8 Å². The molecule has 0 radical (unpaired) electrons. The predicted molar refractivity (Wildman–Crippen MR) is 105 cm³/mol. The van der Waals surface area contributed by atoms with Gasteiger partial charge in [0, 0.05) is 17.0 Å². The summed E-state index contributed by atoms with van der Waals surface area (Å²) in [5, 5.41) is 8.07. The number of hydrogen-bond acceptors (Lipinski definition) is 6. The van der Waals surface area contributed by atoms with Gasteiger partial charge < -0.3 is 18.1 Å². The molecule has 4 rings (SSSR count). The highest BCUT2D eigenvalue weighted by Gasteiger charge is 2.23. The number of nitrogens with zero attached hydrogens (tertiary/aromatic N) is 3. The average Bonchev–Trinajstić information content (AvgIpc) is 3.46. The molecule has 0 fully saturated rings. The number of ether oxygens (including phenoxy) is 1. The van der Waals surface area contributed by atoms with Crippen LogP contribution in [0.1, 0.15) is 46.4 Å². The van der Waals surface area contributed by atoms with Crippen LogP contribution in [0.25, 0.3) is 11.5 Å². The van der Waals surface area contributed by atoms with E-state index in [1.54, 1.807) is 13.2 Å². The summed E-state index contributed by atoms with van der Waals surface area (Å²) in [7, 11) is 0. The van der Waals surface area contributed by atoms with Gasteiger partial charge in [0.15, 0.2) is 6.10 Å². The molecule has 0 amide bonds. The summed E-state index contributed by atoms with van der Waals surface area (Å²) in [4.78, 5) is 12.7. The minimum Gasteiger partial charge on any atom is -0.467 e. The number of aromatic nitrogens is 3. The molecular weight excluding hydrogens is 370 g/mol. The van der Waals surface area contributed by atoms with Gasteiger partial charge in [0.05, 0.1) is 18.4 Å². The van der Waals surface area contributed by atoms with Crippen molar-refractivity contribution in [3.05, 3.63) is 83.4 Å².